The van der Waals surface area contributed by atoms with Gasteiger partial charge in [0, 0.05) is 30.8 Å². The summed E-state index contributed by atoms with van der Waals surface area (Å²) < 4.78 is 18.3. The first-order valence-electron chi connectivity index (χ1n) is 9.41. The second-order valence-corrected chi connectivity index (χ2v) is 6.89. The van der Waals surface area contributed by atoms with Gasteiger partial charge in [-0.15, -0.1) is 0 Å². The molecule has 1 aromatic carbocycles. The fraction of sp³-hybridized carbons (Fsp3) is 0.450. The molecule has 1 aliphatic rings. The van der Waals surface area contributed by atoms with Crippen molar-refractivity contribution < 1.29 is 13.9 Å². The number of H-pyrrole nitrogens is 1. The third-order valence-corrected chi connectivity index (χ3v) is 4.87. The zero-order valence-corrected chi connectivity index (χ0v) is 16.1. The minimum absolute atomic E-state index is 0.173. The van der Waals surface area contributed by atoms with Crippen LogP contribution in [0.3, 0.4) is 0 Å². The Kier molecular flexibility index (Phi) is 6.41. The van der Waals surface area contributed by atoms with E-state index in [0.717, 1.165) is 5.56 Å². The standard InChI is InChI=1S/C20H25FN4O3/c1-13(15-3-5-16(21)6-4-15)22-18(26)8-7-17-14(2)23-20(24-19(17)27)25-9-11-28-12-10-25/h3-6,13H,7-12H2,1-2H3,(H,22,26)(H,23,24,27)/t13-/m1/s1. The molecule has 1 saturated heterocycles. The fourth-order valence-electron chi connectivity index (χ4n) is 3.20. The van der Waals surface area contributed by atoms with Crippen molar-refractivity contribution in [2.75, 3.05) is 31.2 Å². The van der Waals surface area contributed by atoms with Crippen LogP contribution in [0.15, 0.2) is 29.1 Å². The number of ether oxygens (including phenoxy) is 1. The number of hydrogen-bond acceptors (Lipinski definition) is 5. The monoisotopic (exact) mass is 388 g/mol. The smallest absolute Gasteiger partial charge is 0.255 e. The van der Waals surface area contributed by atoms with Crippen LogP contribution in [0.5, 0.6) is 0 Å². The zero-order chi connectivity index (χ0) is 20.1. The molecule has 2 heterocycles. The number of carbonyl (C=O) groups excluding carboxylic acids is 1. The first kappa shape index (κ1) is 20.0. The second kappa shape index (κ2) is 8.97. The Morgan fingerprint density at radius 2 is 2.00 bits per heavy atom. The molecule has 0 unspecified atom stereocenters. The number of anilines is 1. The van der Waals surface area contributed by atoms with Gasteiger partial charge < -0.3 is 15.0 Å². The predicted octanol–water partition coefficient (Wildman–Crippen LogP) is 1.86. The molecule has 8 heteroatoms. The van der Waals surface area contributed by atoms with Crippen LogP contribution < -0.4 is 15.8 Å². The predicted molar refractivity (Wildman–Crippen MR) is 104 cm³/mol. The topological polar surface area (TPSA) is 87.3 Å². The van der Waals surface area contributed by atoms with E-state index in [4.69, 9.17) is 4.74 Å². The van der Waals surface area contributed by atoms with Gasteiger partial charge in [0.05, 0.1) is 19.3 Å². The van der Waals surface area contributed by atoms with Gasteiger partial charge in [-0.05, 0) is 38.0 Å². The van der Waals surface area contributed by atoms with Crippen molar-refractivity contribution in [2.45, 2.75) is 32.7 Å². The number of aromatic amines is 1. The maximum absolute atomic E-state index is 13.0. The average molecular weight is 388 g/mol. The summed E-state index contributed by atoms with van der Waals surface area (Å²) >= 11 is 0. The molecule has 0 aliphatic carbocycles. The molecule has 1 atom stereocenters. The lowest BCUT2D eigenvalue weighted by molar-refractivity contribution is -0.121. The highest BCUT2D eigenvalue weighted by molar-refractivity contribution is 5.76. The lowest BCUT2D eigenvalue weighted by Gasteiger charge is -2.27. The molecule has 2 aromatic rings. The third kappa shape index (κ3) is 4.95. The van der Waals surface area contributed by atoms with Gasteiger partial charge in [0.2, 0.25) is 11.9 Å². The molecule has 3 rings (SSSR count). The summed E-state index contributed by atoms with van der Waals surface area (Å²) in [7, 11) is 0. The number of hydrogen-bond donors (Lipinski definition) is 2. The molecule has 1 fully saturated rings. The van der Waals surface area contributed by atoms with Gasteiger partial charge in [0.1, 0.15) is 5.82 Å². The van der Waals surface area contributed by atoms with Crippen LogP contribution in [-0.2, 0) is 16.0 Å². The summed E-state index contributed by atoms with van der Waals surface area (Å²) in [6.07, 6.45) is 0.480. The van der Waals surface area contributed by atoms with Crippen molar-refractivity contribution in [1.29, 1.82) is 0 Å². The van der Waals surface area contributed by atoms with Crippen LogP contribution in [0.1, 0.15) is 36.2 Å². The van der Waals surface area contributed by atoms with Crippen molar-refractivity contribution >= 4 is 11.9 Å². The SMILES string of the molecule is Cc1nc(N2CCOCC2)[nH]c(=O)c1CCC(=O)N[C@H](C)c1ccc(F)cc1. The zero-order valence-electron chi connectivity index (χ0n) is 16.1. The maximum atomic E-state index is 13.0. The van der Waals surface area contributed by atoms with Crippen molar-refractivity contribution in [3.8, 4) is 0 Å². The van der Waals surface area contributed by atoms with Crippen LogP contribution in [0.25, 0.3) is 0 Å². The van der Waals surface area contributed by atoms with E-state index in [9.17, 15) is 14.0 Å². The highest BCUT2D eigenvalue weighted by Crippen LogP contribution is 2.14. The number of morpholine rings is 1. The number of nitrogens with one attached hydrogen (secondary N) is 2. The van der Waals surface area contributed by atoms with Crippen LogP contribution in [0, 0.1) is 12.7 Å². The van der Waals surface area contributed by atoms with Crippen molar-refractivity contribution in [3.63, 3.8) is 0 Å². The van der Waals surface area contributed by atoms with E-state index < -0.39 is 0 Å². The van der Waals surface area contributed by atoms with E-state index >= 15 is 0 Å². The molecule has 0 bridgehead atoms. The average Bonchev–Trinajstić information content (AvgIpc) is 2.68. The number of aromatic nitrogens is 2. The molecule has 1 amide bonds. The summed E-state index contributed by atoms with van der Waals surface area (Å²) in [5.41, 5.74) is 1.75. The van der Waals surface area contributed by atoms with E-state index in [1.165, 1.54) is 12.1 Å². The number of amides is 1. The Morgan fingerprint density at radius 3 is 2.64 bits per heavy atom. The molecule has 1 aromatic heterocycles. The van der Waals surface area contributed by atoms with Gasteiger partial charge >= 0.3 is 0 Å². The van der Waals surface area contributed by atoms with E-state index in [1.54, 1.807) is 19.1 Å². The Bertz CT molecular complexity index is 876. The van der Waals surface area contributed by atoms with E-state index in [2.05, 4.69) is 15.3 Å². The molecular weight excluding hydrogens is 363 g/mol. The van der Waals surface area contributed by atoms with Gasteiger partial charge in [-0.1, -0.05) is 12.1 Å². The minimum Gasteiger partial charge on any atom is -0.378 e. The van der Waals surface area contributed by atoms with Gasteiger partial charge in [0.15, 0.2) is 0 Å². The van der Waals surface area contributed by atoms with Crippen molar-refractivity contribution in [3.05, 3.63) is 57.3 Å². The molecular formula is C20H25FN4O3. The lowest BCUT2D eigenvalue weighted by Crippen LogP contribution is -2.38. The number of aryl methyl sites for hydroxylation is 1. The summed E-state index contributed by atoms with van der Waals surface area (Å²) in [5, 5.41) is 2.87. The van der Waals surface area contributed by atoms with Crippen molar-refractivity contribution in [2.24, 2.45) is 0 Å². The fourth-order valence-corrected chi connectivity index (χ4v) is 3.20. The summed E-state index contributed by atoms with van der Waals surface area (Å²) in [6, 6.07) is 5.77. The highest BCUT2D eigenvalue weighted by atomic mass is 19.1. The number of nitrogens with zero attached hydrogens (tertiary/aromatic N) is 2. The maximum Gasteiger partial charge on any atom is 0.255 e. The molecule has 0 spiro atoms. The Morgan fingerprint density at radius 1 is 1.32 bits per heavy atom. The summed E-state index contributed by atoms with van der Waals surface area (Å²) in [6.45, 7) is 6.21. The third-order valence-electron chi connectivity index (χ3n) is 4.87. The van der Waals surface area contributed by atoms with Crippen LogP contribution in [-0.4, -0.2) is 42.2 Å². The van der Waals surface area contributed by atoms with Gasteiger partial charge in [-0.25, -0.2) is 9.37 Å². The molecule has 28 heavy (non-hydrogen) atoms. The summed E-state index contributed by atoms with van der Waals surface area (Å²) in [4.78, 5) is 34.0. The lowest BCUT2D eigenvalue weighted by atomic mass is 10.1. The minimum atomic E-state index is -0.315. The molecule has 7 nitrogen and oxygen atoms in total. The molecule has 150 valence electrons. The van der Waals surface area contributed by atoms with Crippen molar-refractivity contribution in [1.82, 2.24) is 15.3 Å². The quantitative estimate of drug-likeness (QED) is 0.789. The van der Waals surface area contributed by atoms with Crippen LogP contribution in [0.4, 0.5) is 10.3 Å². The van der Waals surface area contributed by atoms with Crippen LogP contribution in [0.2, 0.25) is 0 Å². The normalized spacial score (nSPS) is 15.3. The first-order valence-corrected chi connectivity index (χ1v) is 9.41. The number of rotatable bonds is 6. The molecule has 1 aliphatic heterocycles. The van der Waals surface area contributed by atoms with E-state index in [1.807, 2.05) is 11.8 Å². The van der Waals surface area contributed by atoms with Gasteiger partial charge in [0.25, 0.3) is 5.56 Å². The van der Waals surface area contributed by atoms with Crippen LogP contribution >= 0.6 is 0 Å². The second-order valence-electron chi connectivity index (χ2n) is 6.89. The van der Waals surface area contributed by atoms with Gasteiger partial charge in [-0.3, -0.25) is 14.6 Å². The Labute approximate surface area is 162 Å². The number of benzene rings is 1. The number of carbonyl (C=O) groups is 1. The number of halogens is 1. The Balaban J connectivity index is 1.59. The molecule has 0 radical (unpaired) electrons. The summed E-state index contributed by atoms with van der Waals surface area (Å²) in [5.74, 6) is 0.0572. The van der Waals surface area contributed by atoms with Gasteiger partial charge in [-0.2, -0.15) is 0 Å². The molecule has 0 saturated carbocycles. The molecule has 2 N–H and O–H groups in total. The first-order chi connectivity index (χ1) is 13.4. The Hall–Kier alpha value is -2.74. The van der Waals surface area contributed by atoms with E-state index in [-0.39, 0.29) is 29.7 Å². The largest absolute Gasteiger partial charge is 0.378 e. The highest BCUT2D eigenvalue weighted by Gasteiger charge is 2.17. The van der Waals surface area contributed by atoms with E-state index in [0.29, 0.717) is 49.9 Å².